The Hall–Kier alpha value is -4.29. The van der Waals surface area contributed by atoms with Crippen molar-refractivity contribution in [3.8, 4) is 23.0 Å². The van der Waals surface area contributed by atoms with Gasteiger partial charge in [0.25, 0.3) is 5.89 Å². The molecule has 1 saturated heterocycles. The van der Waals surface area contributed by atoms with Crippen molar-refractivity contribution in [1.29, 1.82) is 0 Å². The lowest BCUT2D eigenvalue weighted by Gasteiger charge is -2.17. The van der Waals surface area contributed by atoms with Crippen LogP contribution in [0.1, 0.15) is 31.2 Å². The fourth-order valence-corrected chi connectivity index (χ4v) is 4.08. The van der Waals surface area contributed by atoms with E-state index in [0.29, 0.717) is 16.9 Å². The maximum atomic E-state index is 12.4. The van der Waals surface area contributed by atoms with E-state index < -0.39 is 30.3 Å². The number of carbonyl (C=O) groups excluding carboxylic acids is 1. The zero-order valence-electron chi connectivity index (χ0n) is 21.1. The fourth-order valence-electron chi connectivity index (χ4n) is 4.08. The van der Waals surface area contributed by atoms with E-state index >= 15 is 0 Å². The molecule has 13 heteroatoms. The number of carboxylic acids is 1. The van der Waals surface area contributed by atoms with E-state index in [1.165, 1.54) is 17.0 Å². The predicted octanol–water partition coefficient (Wildman–Crippen LogP) is 5.11. The summed E-state index contributed by atoms with van der Waals surface area (Å²) in [6.07, 6.45) is -5.33. The summed E-state index contributed by atoms with van der Waals surface area (Å²) in [6, 6.07) is 11.8. The Morgan fingerprint density at radius 3 is 2.54 bits per heavy atom. The summed E-state index contributed by atoms with van der Waals surface area (Å²) in [6.45, 7) is 4.22. The molecule has 0 bridgehead atoms. The number of benzene rings is 2. The molecule has 1 aliphatic rings. The molecule has 1 aromatic heterocycles. The molecular formula is C26H26F3N3O7. The van der Waals surface area contributed by atoms with Gasteiger partial charge in [-0.15, -0.1) is 13.2 Å². The summed E-state index contributed by atoms with van der Waals surface area (Å²) in [7, 11) is 0. The van der Waals surface area contributed by atoms with Crippen LogP contribution in [0.25, 0.3) is 11.5 Å². The summed E-state index contributed by atoms with van der Waals surface area (Å²) in [5, 5.41) is 13.6. The molecule has 1 N–H and O–H groups in total. The molecule has 0 spiro atoms. The van der Waals surface area contributed by atoms with Gasteiger partial charge in [-0.1, -0.05) is 31.1 Å². The Kier molecular flexibility index (Phi) is 8.27. The van der Waals surface area contributed by atoms with Gasteiger partial charge >= 0.3 is 18.4 Å². The number of aromatic nitrogens is 2. The van der Waals surface area contributed by atoms with E-state index in [4.69, 9.17) is 14.0 Å². The van der Waals surface area contributed by atoms with E-state index in [2.05, 4.69) is 14.9 Å². The number of halogens is 3. The number of nitrogens with zero attached hydrogens (tertiary/aromatic N) is 3. The molecule has 1 aliphatic heterocycles. The van der Waals surface area contributed by atoms with Crippen LogP contribution < -0.4 is 9.47 Å². The van der Waals surface area contributed by atoms with E-state index in [9.17, 15) is 27.9 Å². The van der Waals surface area contributed by atoms with Crippen LogP contribution in [0.3, 0.4) is 0 Å². The third-order valence-corrected chi connectivity index (χ3v) is 5.89. The van der Waals surface area contributed by atoms with Crippen LogP contribution in [0, 0.1) is 11.8 Å². The number of likely N-dealkylation sites (tertiary alicyclic amines) is 1. The zero-order valence-corrected chi connectivity index (χ0v) is 21.1. The fraction of sp³-hybridized carbons (Fsp3) is 0.385. The minimum atomic E-state index is -4.79. The van der Waals surface area contributed by atoms with Gasteiger partial charge in [-0.05, 0) is 47.9 Å². The molecule has 2 aromatic carbocycles. The monoisotopic (exact) mass is 549 g/mol. The second kappa shape index (κ2) is 11.6. The Bertz CT molecular complexity index is 1290. The highest BCUT2D eigenvalue weighted by atomic mass is 19.4. The first-order valence-corrected chi connectivity index (χ1v) is 12.0. The topological polar surface area (TPSA) is 124 Å². The average Bonchev–Trinajstić information content (AvgIpc) is 3.54. The molecule has 3 aromatic rings. The van der Waals surface area contributed by atoms with Crippen LogP contribution in [-0.2, 0) is 16.1 Å². The minimum Gasteiger partial charge on any atom is -0.485 e. The molecule has 1 unspecified atom stereocenters. The number of carboxylic acid groups (broad SMARTS) is 1. The van der Waals surface area contributed by atoms with Crippen LogP contribution in [0.4, 0.5) is 18.0 Å². The van der Waals surface area contributed by atoms with Gasteiger partial charge < -0.3 is 28.7 Å². The Morgan fingerprint density at radius 2 is 1.87 bits per heavy atom. The van der Waals surface area contributed by atoms with Crippen molar-refractivity contribution < 1.29 is 46.6 Å². The van der Waals surface area contributed by atoms with Crippen LogP contribution >= 0.6 is 0 Å². The molecular weight excluding hydrogens is 523 g/mol. The largest absolute Gasteiger partial charge is 0.573 e. The zero-order chi connectivity index (χ0) is 28.2. The molecule has 10 nitrogen and oxygen atoms in total. The second-order valence-electron chi connectivity index (χ2n) is 9.38. The Morgan fingerprint density at radius 1 is 1.13 bits per heavy atom. The standard InChI is InChI=1S/C26H26F3N3O7/c1-15(2)13-37-25(35)32-11-20(21(12-32)24(33)34)17-4-3-5-19(10-17)36-14-22-30-23(39-31-22)16-6-8-18(9-7-16)38-26(27,28)29/h3-10,15,20-21H,11-14H2,1-2H3,(H,33,34)/t20-,21?/m0/s1. The van der Waals surface area contributed by atoms with E-state index in [-0.39, 0.29) is 49.7 Å². The van der Waals surface area contributed by atoms with Crippen LogP contribution in [0.5, 0.6) is 11.5 Å². The molecule has 1 fully saturated rings. The first-order valence-electron chi connectivity index (χ1n) is 12.0. The van der Waals surface area contributed by atoms with E-state index in [1.807, 2.05) is 13.8 Å². The lowest BCUT2D eigenvalue weighted by molar-refractivity contribution is -0.274. The number of hydrogen-bond acceptors (Lipinski definition) is 8. The maximum absolute atomic E-state index is 12.4. The summed E-state index contributed by atoms with van der Waals surface area (Å²) < 4.78 is 57.1. The summed E-state index contributed by atoms with van der Waals surface area (Å²) >= 11 is 0. The van der Waals surface area contributed by atoms with Crippen molar-refractivity contribution in [3.05, 3.63) is 59.9 Å². The summed E-state index contributed by atoms with van der Waals surface area (Å²) in [5.41, 5.74) is 1.08. The number of carbonyl (C=O) groups is 2. The van der Waals surface area contributed by atoms with Gasteiger partial charge in [-0.25, -0.2) is 4.79 Å². The third kappa shape index (κ3) is 7.39. The molecule has 208 valence electrons. The second-order valence-corrected chi connectivity index (χ2v) is 9.38. The van der Waals surface area contributed by atoms with Gasteiger partial charge in [0, 0.05) is 24.6 Å². The van der Waals surface area contributed by atoms with Crippen molar-refractivity contribution in [2.24, 2.45) is 11.8 Å². The highest BCUT2D eigenvalue weighted by Crippen LogP contribution is 2.35. The number of alkyl halides is 3. The SMILES string of the molecule is CC(C)COC(=O)N1CC(C(=O)O)[C@H](c2cccc(OCc3noc(-c4ccc(OC(F)(F)F)cc4)n3)c2)C1. The molecule has 0 aliphatic carbocycles. The molecule has 0 radical (unpaired) electrons. The smallest absolute Gasteiger partial charge is 0.485 e. The van der Waals surface area contributed by atoms with Crippen molar-refractivity contribution in [1.82, 2.24) is 15.0 Å². The summed E-state index contributed by atoms with van der Waals surface area (Å²) in [5.74, 6) is -1.80. The predicted molar refractivity (Wildman–Crippen MR) is 129 cm³/mol. The molecule has 0 saturated carbocycles. The molecule has 1 amide bonds. The van der Waals surface area contributed by atoms with Crippen molar-refractivity contribution in [2.45, 2.75) is 32.7 Å². The lowest BCUT2D eigenvalue weighted by Crippen LogP contribution is -2.31. The number of aliphatic carboxylic acids is 1. The molecule has 2 heterocycles. The van der Waals surface area contributed by atoms with Gasteiger partial charge in [-0.2, -0.15) is 4.98 Å². The van der Waals surface area contributed by atoms with Gasteiger partial charge in [0.2, 0.25) is 5.82 Å². The van der Waals surface area contributed by atoms with E-state index in [1.54, 1.807) is 24.3 Å². The average molecular weight is 550 g/mol. The number of ether oxygens (including phenoxy) is 3. The summed E-state index contributed by atoms with van der Waals surface area (Å²) in [4.78, 5) is 29.9. The molecule has 2 atom stereocenters. The Balaban J connectivity index is 1.39. The number of amides is 1. The highest BCUT2D eigenvalue weighted by molar-refractivity contribution is 5.75. The minimum absolute atomic E-state index is 0.0387. The third-order valence-electron chi connectivity index (χ3n) is 5.89. The number of hydrogen-bond donors (Lipinski definition) is 1. The quantitative estimate of drug-likeness (QED) is 0.388. The van der Waals surface area contributed by atoms with E-state index in [0.717, 1.165) is 12.1 Å². The first kappa shape index (κ1) is 27.7. The Labute approximate surface area is 221 Å². The van der Waals surface area contributed by atoms with Crippen LogP contribution in [0.2, 0.25) is 0 Å². The first-order chi connectivity index (χ1) is 18.5. The van der Waals surface area contributed by atoms with Crippen LogP contribution in [-0.4, -0.2) is 58.3 Å². The number of rotatable bonds is 9. The normalized spacial score (nSPS) is 17.3. The van der Waals surface area contributed by atoms with Crippen LogP contribution in [0.15, 0.2) is 53.1 Å². The molecule has 39 heavy (non-hydrogen) atoms. The van der Waals surface area contributed by atoms with Gasteiger partial charge in [0.15, 0.2) is 6.61 Å². The van der Waals surface area contributed by atoms with Crippen molar-refractivity contribution >= 4 is 12.1 Å². The lowest BCUT2D eigenvalue weighted by atomic mass is 9.89. The van der Waals surface area contributed by atoms with Gasteiger partial charge in [-0.3, -0.25) is 4.79 Å². The van der Waals surface area contributed by atoms with Crippen molar-refractivity contribution in [3.63, 3.8) is 0 Å². The van der Waals surface area contributed by atoms with Gasteiger partial charge in [0.05, 0.1) is 12.5 Å². The van der Waals surface area contributed by atoms with Crippen molar-refractivity contribution in [2.75, 3.05) is 19.7 Å². The maximum Gasteiger partial charge on any atom is 0.573 e. The molecule has 4 rings (SSSR count). The van der Waals surface area contributed by atoms with Gasteiger partial charge in [0.1, 0.15) is 11.5 Å². The highest BCUT2D eigenvalue weighted by Gasteiger charge is 2.41.